The quantitative estimate of drug-likeness (QED) is 0.804. The molecule has 0 aliphatic rings. The van der Waals surface area contributed by atoms with Gasteiger partial charge in [-0.25, -0.2) is 0 Å². The number of aliphatic hydroxyl groups excluding tert-OH is 1. The highest BCUT2D eigenvalue weighted by Crippen LogP contribution is 2.16. The Labute approximate surface area is 95.7 Å². The van der Waals surface area contributed by atoms with E-state index >= 15 is 0 Å². The first kappa shape index (κ1) is 12.8. The van der Waals surface area contributed by atoms with Crippen LogP contribution in [0.1, 0.15) is 42.8 Å². The SMILES string of the molecule is CCC(CC)(CO)NC(=O)c1ccoc1C. The fraction of sp³-hybridized carbons (Fsp3) is 0.583. The number of carbonyl (C=O) groups excluding carboxylic acids is 1. The Bertz CT molecular complexity index is 345. The zero-order chi connectivity index (χ0) is 12.2. The lowest BCUT2D eigenvalue weighted by atomic mass is 9.93. The molecule has 0 aliphatic heterocycles. The van der Waals surface area contributed by atoms with Crippen LogP contribution in [0.2, 0.25) is 0 Å². The molecule has 0 spiro atoms. The summed E-state index contributed by atoms with van der Waals surface area (Å²) in [4.78, 5) is 11.9. The molecule has 90 valence electrons. The van der Waals surface area contributed by atoms with Crippen molar-refractivity contribution in [2.45, 2.75) is 39.2 Å². The van der Waals surface area contributed by atoms with Crippen LogP contribution < -0.4 is 5.32 Å². The minimum atomic E-state index is -0.527. The van der Waals surface area contributed by atoms with Gasteiger partial charge in [-0.15, -0.1) is 0 Å². The summed E-state index contributed by atoms with van der Waals surface area (Å²) in [6, 6.07) is 1.64. The number of aliphatic hydroxyl groups is 1. The average molecular weight is 225 g/mol. The Hall–Kier alpha value is -1.29. The summed E-state index contributed by atoms with van der Waals surface area (Å²) in [6.07, 6.45) is 2.88. The van der Waals surface area contributed by atoms with E-state index in [1.54, 1.807) is 13.0 Å². The summed E-state index contributed by atoms with van der Waals surface area (Å²) >= 11 is 0. The van der Waals surface area contributed by atoms with Crippen LogP contribution in [-0.4, -0.2) is 23.2 Å². The van der Waals surface area contributed by atoms with Crippen molar-refractivity contribution in [2.75, 3.05) is 6.61 Å². The minimum Gasteiger partial charge on any atom is -0.469 e. The fourth-order valence-electron chi connectivity index (χ4n) is 1.62. The molecule has 4 heteroatoms. The fourth-order valence-corrected chi connectivity index (χ4v) is 1.62. The van der Waals surface area contributed by atoms with Crippen LogP contribution in [0, 0.1) is 6.92 Å². The van der Waals surface area contributed by atoms with Crippen LogP contribution in [-0.2, 0) is 0 Å². The number of hydrogen-bond donors (Lipinski definition) is 2. The van der Waals surface area contributed by atoms with Gasteiger partial charge in [0.15, 0.2) is 0 Å². The van der Waals surface area contributed by atoms with Crippen molar-refractivity contribution in [3.05, 3.63) is 23.7 Å². The summed E-state index contributed by atoms with van der Waals surface area (Å²) in [5.41, 5.74) is 0.000532. The predicted molar refractivity (Wildman–Crippen MR) is 61.3 cm³/mol. The maximum Gasteiger partial charge on any atom is 0.255 e. The number of furan rings is 1. The van der Waals surface area contributed by atoms with Gasteiger partial charge in [-0.05, 0) is 25.8 Å². The first-order valence-electron chi connectivity index (χ1n) is 5.56. The molecule has 1 amide bonds. The van der Waals surface area contributed by atoms with E-state index in [1.807, 2.05) is 13.8 Å². The van der Waals surface area contributed by atoms with E-state index in [1.165, 1.54) is 6.26 Å². The minimum absolute atomic E-state index is 0.0529. The highest BCUT2D eigenvalue weighted by molar-refractivity contribution is 5.95. The molecular formula is C12H19NO3. The molecule has 1 aromatic rings. The number of carbonyl (C=O) groups is 1. The molecule has 1 rings (SSSR count). The van der Waals surface area contributed by atoms with Crippen LogP contribution in [0.15, 0.2) is 16.7 Å². The van der Waals surface area contributed by atoms with Crippen LogP contribution in [0.3, 0.4) is 0 Å². The highest BCUT2D eigenvalue weighted by atomic mass is 16.3. The molecule has 0 atom stereocenters. The first-order chi connectivity index (χ1) is 7.58. The van der Waals surface area contributed by atoms with Gasteiger partial charge in [0.2, 0.25) is 0 Å². The Morgan fingerprint density at radius 1 is 1.50 bits per heavy atom. The molecular weight excluding hydrogens is 206 g/mol. The van der Waals surface area contributed by atoms with Crippen molar-refractivity contribution in [2.24, 2.45) is 0 Å². The van der Waals surface area contributed by atoms with Crippen molar-refractivity contribution in [3.63, 3.8) is 0 Å². The average Bonchev–Trinajstić information content (AvgIpc) is 2.72. The van der Waals surface area contributed by atoms with Gasteiger partial charge in [-0.3, -0.25) is 4.79 Å². The van der Waals surface area contributed by atoms with Gasteiger partial charge in [0.25, 0.3) is 5.91 Å². The number of nitrogens with one attached hydrogen (secondary N) is 1. The number of hydrogen-bond acceptors (Lipinski definition) is 3. The maximum absolute atomic E-state index is 11.9. The summed E-state index contributed by atoms with van der Waals surface area (Å²) in [6.45, 7) is 5.58. The van der Waals surface area contributed by atoms with Gasteiger partial charge in [0.05, 0.1) is 24.0 Å². The third-order valence-corrected chi connectivity index (χ3v) is 3.14. The molecule has 0 bridgehead atoms. The van der Waals surface area contributed by atoms with Crippen LogP contribution >= 0.6 is 0 Å². The first-order valence-corrected chi connectivity index (χ1v) is 5.56. The molecule has 0 saturated heterocycles. The molecule has 16 heavy (non-hydrogen) atoms. The number of amides is 1. The number of aryl methyl sites for hydroxylation is 1. The van der Waals surface area contributed by atoms with E-state index in [0.29, 0.717) is 24.2 Å². The summed E-state index contributed by atoms with van der Waals surface area (Å²) in [7, 11) is 0. The second-order valence-corrected chi connectivity index (χ2v) is 3.99. The van der Waals surface area contributed by atoms with Gasteiger partial charge in [-0.2, -0.15) is 0 Å². The van der Waals surface area contributed by atoms with Crippen LogP contribution in [0.5, 0.6) is 0 Å². The van der Waals surface area contributed by atoms with Gasteiger partial charge in [0, 0.05) is 0 Å². The third kappa shape index (κ3) is 2.44. The second-order valence-electron chi connectivity index (χ2n) is 3.99. The summed E-state index contributed by atoms with van der Waals surface area (Å²) in [5, 5.41) is 12.2. The van der Waals surface area contributed by atoms with E-state index in [4.69, 9.17) is 4.42 Å². The molecule has 0 unspecified atom stereocenters. The zero-order valence-electron chi connectivity index (χ0n) is 10.0. The molecule has 0 aromatic carbocycles. The summed E-state index contributed by atoms with van der Waals surface area (Å²) < 4.78 is 5.08. The van der Waals surface area contributed by atoms with E-state index in [2.05, 4.69) is 5.32 Å². The molecule has 4 nitrogen and oxygen atoms in total. The Kier molecular flexibility index (Phi) is 4.12. The zero-order valence-corrected chi connectivity index (χ0v) is 10.0. The van der Waals surface area contributed by atoms with Gasteiger partial charge < -0.3 is 14.8 Å². The van der Waals surface area contributed by atoms with Gasteiger partial charge in [-0.1, -0.05) is 13.8 Å². The maximum atomic E-state index is 11.9. The van der Waals surface area contributed by atoms with E-state index in [-0.39, 0.29) is 12.5 Å². The molecule has 1 heterocycles. The molecule has 0 saturated carbocycles. The number of rotatable bonds is 5. The lowest BCUT2D eigenvalue weighted by Crippen LogP contribution is -2.50. The lowest BCUT2D eigenvalue weighted by Gasteiger charge is -2.30. The normalized spacial score (nSPS) is 11.5. The largest absolute Gasteiger partial charge is 0.469 e. The van der Waals surface area contributed by atoms with Crippen molar-refractivity contribution < 1.29 is 14.3 Å². The van der Waals surface area contributed by atoms with Crippen LogP contribution in [0.25, 0.3) is 0 Å². The van der Waals surface area contributed by atoms with E-state index in [0.717, 1.165) is 0 Å². The van der Waals surface area contributed by atoms with Gasteiger partial charge in [0.1, 0.15) is 5.76 Å². The monoisotopic (exact) mass is 225 g/mol. The van der Waals surface area contributed by atoms with Crippen molar-refractivity contribution in [1.29, 1.82) is 0 Å². The Morgan fingerprint density at radius 2 is 2.12 bits per heavy atom. The molecule has 0 fully saturated rings. The van der Waals surface area contributed by atoms with E-state index < -0.39 is 5.54 Å². The van der Waals surface area contributed by atoms with Gasteiger partial charge >= 0.3 is 0 Å². The standard InChI is InChI=1S/C12H19NO3/c1-4-12(5-2,8-14)13-11(15)10-6-7-16-9(10)3/h6-7,14H,4-5,8H2,1-3H3,(H,13,15). The lowest BCUT2D eigenvalue weighted by molar-refractivity contribution is 0.0816. The predicted octanol–water partition coefficient (Wildman–Crippen LogP) is 1.87. The van der Waals surface area contributed by atoms with Crippen LogP contribution in [0.4, 0.5) is 0 Å². The van der Waals surface area contributed by atoms with Crippen molar-refractivity contribution >= 4 is 5.91 Å². The smallest absolute Gasteiger partial charge is 0.255 e. The van der Waals surface area contributed by atoms with E-state index in [9.17, 15) is 9.90 Å². The Morgan fingerprint density at radius 3 is 2.50 bits per heavy atom. The molecule has 2 N–H and O–H groups in total. The molecule has 1 aromatic heterocycles. The Balaban J connectivity index is 2.81. The van der Waals surface area contributed by atoms with Crippen molar-refractivity contribution in [1.82, 2.24) is 5.32 Å². The van der Waals surface area contributed by atoms with Crippen molar-refractivity contribution in [3.8, 4) is 0 Å². The molecule has 0 radical (unpaired) electrons. The summed E-state index contributed by atoms with van der Waals surface area (Å²) in [5.74, 6) is 0.403. The third-order valence-electron chi connectivity index (χ3n) is 3.14. The second kappa shape index (κ2) is 5.16. The molecule has 0 aliphatic carbocycles. The topological polar surface area (TPSA) is 62.5 Å². The highest BCUT2D eigenvalue weighted by Gasteiger charge is 2.28.